The van der Waals surface area contributed by atoms with E-state index in [-0.39, 0.29) is 11.8 Å². The van der Waals surface area contributed by atoms with E-state index in [1.54, 1.807) is 18.3 Å². The standard InChI is InChI=1S/C15H13FN6S/c16-10-4-6-11(7-5-10)19-15-21-12(20-14(17)22-15)9-23-13-3-1-2-8-18-13/h1-8H,9H2,(H3,17,19,20,21,22). The fraction of sp³-hybridized carbons (Fsp3) is 0.0667. The minimum absolute atomic E-state index is 0.126. The van der Waals surface area contributed by atoms with Gasteiger partial charge in [0.05, 0.1) is 10.8 Å². The normalized spacial score (nSPS) is 10.5. The summed E-state index contributed by atoms with van der Waals surface area (Å²) in [5, 5.41) is 3.85. The largest absolute Gasteiger partial charge is 0.368 e. The summed E-state index contributed by atoms with van der Waals surface area (Å²) in [7, 11) is 0. The topological polar surface area (TPSA) is 89.6 Å². The Kier molecular flexibility index (Phi) is 4.62. The molecule has 0 saturated heterocycles. The first-order valence-corrected chi connectivity index (χ1v) is 7.74. The minimum atomic E-state index is -0.307. The van der Waals surface area contributed by atoms with Gasteiger partial charge in [0.15, 0.2) is 0 Å². The maximum atomic E-state index is 12.9. The van der Waals surface area contributed by atoms with Gasteiger partial charge in [-0.15, -0.1) is 0 Å². The molecular formula is C15H13FN6S. The number of aromatic nitrogens is 4. The lowest BCUT2D eigenvalue weighted by Gasteiger charge is -2.07. The van der Waals surface area contributed by atoms with E-state index in [9.17, 15) is 4.39 Å². The molecular weight excluding hydrogens is 315 g/mol. The Morgan fingerprint density at radius 2 is 1.87 bits per heavy atom. The van der Waals surface area contributed by atoms with Crippen molar-refractivity contribution in [1.82, 2.24) is 19.9 Å². The van der Waals surface area contributed by atoms with Crippen molar-refractivity contribution in [3.8, 4) is 0 Å². The monoisotopic (exact) mass is 328 g/mol. The fourth-order valence-electron chi connectivity index (χ4n) is 1.79. The van der Waals surface area contributed by atoms with Crippen molar-refractivity contribution in [2.75, 3.05) is 11.1 Å². The molecule has 23 heavy (non-hydrogen) atoms. The zero-order chi connectivity index (χ0) is 16.1. The van der Waals surface area contributed by atoms with Gasteiger partial charge in [-0.05, 0) is 36.4 Å². The first-order valence-electron chi connectivity index (χ1n) is 6.76. The van der Waals surface area contributed by atoms with E-state index in [0.717, 1.165) is 5.03 Å². The lowest BCUT2D eigenvalue weighted by molar-refractivity contribution is 0.628. The molecule has 0 radical (unpaired) electrons. The molecule has 8 heteroatoms. The van der Waals surface area contributed by atoms with Gasteiger partial charge in [-0.25, -0.2) is 9.37 Å². The van der Waals surface area contributed by atoms with Crippen molar-refractivity contribution in [2.24, 2.45) is 0 Å². The number of anilines is 3. The second kappa shape index (κ2) is 7.01. The van der Waals surface area contributed by atoms with Crippen LogP contribution < -0.4 is 11.1 Å². The molecule has 0 aliphatic heterocycles. The molecule has 0 spiro atoms. The second-order valence-electron chi connectivity index (χ2n) is 4.52. The third kappa shape index (κ3) is 4.36. The summed E-state index contributed by atoms with van der Waals surface area (Å²) < 4.78 is 12.9. The predicted molar refractivity (Wildman–Crippen MR) is 87.7 cm³/mol. The van der Waals surface area contributed by atoms with Gasteiger partial charge >= 0.3 is 0 Å². The fourth-order valence-corrected chi connectivity index (χ4v) is 2.51. The number of halogens is 1. The van der Waals surface area contributed by atoms with Crippen LogP contribution in [0.1, 0.15) is 5.82 Å². The number of nitrogens with two attached hydrogens (primary N) is 1. The summed E-state index contributed by atoms with van der Waals surface area (Å²) in [6.45, 7) is 0. The van der Waals surface area contributed by atoms with Crippen molar-refractivity contribution in [2.45, 2.75) is 10.8 Å². The summed E-state index contributed by atoms with van der Waals surface area (Å²) in [5.74, 6) is 1.19. The number of nitrogens with one attached hydrogen (secondary N) is 1. The molecule has 116 valence electrons. The Morgan fingerprint density at radius 1 is 1.04 bits per heavy atom. The number of benzene rings is 1. The van der Waals surface area contributed by atoms with Gasteiger partial charge in [0.1, 0.15) is 11.6 Å². The van der Waals surface area contributed by atoms with Gasteiger partial charge in [-0.1, -0.05) is 17.8 Å². The lowest BCUT2D eigenvalue weighted by atomic mass is 10.3. The summed E-state index contributed by atoms with van der Waals surface area (Å²) in [5.41, 5.74) is 6.39. The number of thioether (sulfide) groups is 1. The molecule has 0 unspecified atom stereocenters. The number of rotatable bonds is 5. The Balaban J connectivity index is 1.72. The Hall–Kier alpha value is -2.74. The van der Waals surface area contributed by atoms with E-state index in [4.69, 9.17) is 5.73 Å². The van der Waals surface area contributed by atoms with Gasteiger partial charge in [0, 0.05) is 11.9 Å². The van der Waals surface area contributed by atoms with Crippen LogP contribution in [-0.2, 0) is 5.75 Å². The van der Waals surface area contributed by atoms with Crippen LogP contribution in [0.4, 0.5) is 22.0 Å². The number of hydrogen-bond donors (Lipinski definition) is 2. The molecule has 0 atom stereocenters. The van der Waals surface area contributed by atoms with Crippen molar-refractivity contribution in [3.05, 3.63) is 60.3 Å². The van der Waals surface area contributed by atoms with E-state index >= 15 is 0 Å². The number of nitrogens with zero attached hydrogens (tertiary/aromatic N) is 4. The highest BCUT2D eigenvalue weighted by molar-refractivity contribution is 7.98. The van der Waals surface area contributed by atoms with Crippen LogP contribution in [0.2, 0.25) is 0 Å². The third-order valence-electron chi connectivity index (χ3n) is 2.79. The number of nitrogen functional groups attached to an aromatic ring is 1. The summed E-state index contributed by atoms with van der Waals surface area (Å²) in [6, 6.07) is 11.6. The highest BCUT2D eigenvalue weighted by atomic mass is 32.2. The van der Waals surface area contributed by atoms with Gasteiger partial charge in [0.25, 0.3) is 0 Å². The minimum Gasteiger partial charge on any atom is -0.368 e. The van der Waals surface area contributed by atoms with E-state index in [1.807, 2.05) is 18.2 Å². The van der Waals surface area contributed by atoms with Gasteiger partial charge in [0.2, 0.25) is 11.9 Å². The van der Waals surface area contributed by atoms with Gasteiger partial charge in [-0.2, -0.15) is 15.0 Å². The van der Waals surface area contributed by atoms with Crippen molar-refractivity contribution < 1.29 is 4.39 Å². The van der Waals surface area contributed by atoms with Crippen LogP contribution in [0.3, 0.4) is 0 Å². The lowest BCUT2D eigenvalue weighted by Crippen LogP contribution is -2.06. The highest BCUT2D eigenvalue weighted by Gasteiger charge is 2.06. The molecule has 1 aromatic carbocycles. The smallest absolute Gasteiger partial charge is 0.232 e. The Bertz CT molecular complexity index is 782. The third-order valence-corrected chi connectivity index (χ3v) is 3.73. The molecule has 0 bridgehead atoms. The van der Waals surface area contributed by atoms with Crippen LogP contribution in [0, 0.1) is 5.82 Å². The average molecular weight is 328 g/mol. The SMILES string of the molecule is Nc1nc(CSc2ccccn2)nc(Nc2ccc(F)cc2)n1. The molecule has 3 N–H and O–H groups in total. The van der Waals surface area contributed by atoms with Crippen LogP contribution in [0.15, 0.2) is 53.7 Å². The van der Waals surface area contributed by atoms with Gasteiger partial charge in [-0.3, -0.25) is 0 Å². The van der Waals surface area contributed by atoms with E-state index in [2.05, 4.69) is 25.3 Å². The predicted octanol–water partition coefficient (Wildman–Crippen LogP) is 3.02. The second-order valence-corrected chi connectivity index (χ2v) is 5.52. The molecule has 0 fully saturated rings. The molecule has 2 aromatic heterocycles. The summed E-state index contributed by atoms with van der Waals surface area (Å²) in [6.07, 6.45) is 1.73. The summed E-state index contributed by atoms with van der Waals surface area (Å²) >= 11 is 1.50. The molecule has 2 heterocycles. The molecule has 0 aliphatic carbocycles. The quantitative estimate of drug-likeness (QED) is 0.696. The Morgan fingerprint density at radius 3 is 2.61 bits per heavy atom. The average Bonchev–Trinajstić information content (AvgIpc) is 2.56. The Labute approximate surface area is 136 Å². The molecule has 3 aromatic rings. The summed E-state index contributed by atoms with van der Waals surface area (Å²) in [4.78, 5) is 16.7. The molecule has 0 amide bonds. The molecule has 3 rings (SSSR count). The van der Waals surface area contributed by atoms with Crippen molar-refractivity contribution >= 4 is 29.3 Å². The van der Waals surface area contributed by atoms with Gasteiger partial charge < -0.3 is 11.1 Å². The zero-order valence-electron chi connectivity index (χ0n) is 12.0. The molecule has 0 aliphatic rings. The zero-order valence-corrected chi connectivity index (χ0v) is 12.8. The van der Waals surface area contributed by atoms with Crippen LogP contribution >= 0.6 is 11.8 Å². The van der Waals surface area contributed by atoms with E-state index in [1.165, 1.54) is 23.9 Å². The van der Waals surface area contributed by atoms with Crippen molar-refractivity contribution in [1.29, 1.82) is 0 Å². The molecule has 6 nitrogen and oxygen atoms in total. The van der Waals surface area contributed by atoms with E-state index in [0.29, 0.717) is 23.2 Å². The van der Waals surface area contributed by atoms with Crippen LogP contribution in [0.25, 0.3) is 0 Å². The first-order chi connectivity index (χ1) is 11.2. The van der Waals surface area contributed by atoms with E-state index < -0.39 is 0 Å². The first kappa shape index (κ1) is 15.2. The molecule has 0 saturated carbocycles. The van der Waals surface area contributed by atoms with Crippen molar-refractivity contribution in [3.63, 3.8) is 0 Å². The highest BCUT2D eigenvalue weighted by Crippen LogP contribution is 2.20. The number of pyridine rings is 1. The maximum absolute atomic E-state index is 12.9. The van der Waals surface area contributed by atoms with Crippen LogP contribution in [-0.4, -0.2) is 19.9 Å². The van der Waals surface area contributed by atoms with Crippen LogP contribution in [0.5, 0.6) is 0 Å². The maximum Gasteiger partial charge on any atom is 0.232 e. The number of hydrogen-bond acceptors (Lipinski definition) is 7.